The van der Waals surface area contributed by atoms with Gasteiger partial charge in [-0.15, -0.1) is 124 Å². The van der Waals surface area contributed by atoms with Gasteiger partial charge < -0.3 is 20.4 Å². The smallest absolute Gasteiger partial charge is 0.180 e. The Balaban J connectivity index is 0.000000189. The van der Waals surface area contributed by atoms with Crippen LogP contribution < -0.4 is 0 Å². The van der Waals surface area contributed by atoms with Crippen molar-refractivity contribution >= 4 is 47.0 Å². The van der Waals surface area contributed by atoms with Crippen LogP contribution >= 0.6 is 47.0 Å². The minimum Gasteiger partial charge on any atom is -0.507 e. The molecular formula is C111H105N15O4Pt4S4-4. The molecule has 0 saturated heterocycles. The SMILES string of the molecule is CC(C)(C)c1cc(-c2nc(-c3[c-]c(Sc4ccccn4)ccc3)cc(-c3ccccc3)n2)c(O)c(C(C)(C)C)c1.CC(C)(C)c1cc(-c2ncnc(-c3[c-]c(Sc4ccccn4)ccc3)n2)c(O)c(C(C)(C)C)c1.CC(C)c1cc(-c2ccnc(-c3[c-]c(Sc4ccccn4)ccc3)n2)c(O)c(C(C)C)c1.Cc1cc(C)c(O)c(-c2nnnc(-c3[c-]c(Sc4ccccn4)ccc3)n2)c1.[Pt].[Pt].[Pt].[Pt]. The van der Waals surface area contributed by atoms with Crippen LogP contribution in [0.1, 0.15) is 167 Å². The van der Waals surface area contributed by atoms with E-state index in [4.69, 9.17) is 19.9 Å². The number of benzene rings is 9. The van der Waals surface area contributed by atoms with Crippen LogP contribution in [-0.4, -0.2) is 95.6 Å². The van der Waals surface area contributed by atoms with E-state index < -0.39 is 0 Å². The second-order valence-corrected chi connectivity index (χ2v) is 41.0. The summed E-state index contributed by atoms with van der Waals surface area (Å²) < 4.78 is 0. The number of nitrogens with zero attached hydrogens (tertiary/aromatic N) is 15. The molecule has 0 amide bonds. The predicted molar refractivity (Wildman–Crippen MR) is 538 cm³/mol. The zero-order valence-electron chi connectivity index (χ0n) is 79.5. The van der Waals surface area contributed by atoms with E-state index in [2.05, 4.69) is 209 Å². The summed E-state index contributed by atoms with van der Waals surface area (Å²) in [5.74, 6) is 4.16. The van der Waals surface area contributed by atoms with Gasteiger partial charge in [-0.05, 0) is 171 Å². The number of hydrogen-bond donors (Lipinski definition) is 4. The summed E-state index contributed by atoms with van der Waals surface area (Å²) in [5.41, 5.74) is 16.0. The molecule has 0 aliphatic rings. The minimum absolute atomic E-state index is 0. The molecule has 0 aliphatic carbocycles. The summed E-state index contributed by atoms with van der Waals surface area (Å²) in [5, 5.41) is 59.7. The number of aromatic hydroxyl groups is 4. The first kappa shape index (κ1) is 109. The Hall–Kier alpha value is -11.0. The van der Waals surface area contributed by atoms with Gasteiger partial charge in [0.1, 0.15) is 35.1 Å². The van der Waals surface area contributed by atoms with Gasteiger partial charge in [-0.25, -0.2) is 29.9 Å². The van der Waals surface area contributed by atoms with Gasteiger partial charge in [0, 0.05) is 132 Å². The van der Waals surface area contributed by atoms with Crippen LogP contribution in [0.25, 0.3) is 102 Å². The van der Waals surface area contributed by atoms with Crippen molar-refractivity contribution in [3.05, 3.63) is 343 Å². The van der Waals surface area contributed by atoms with E-state index in [9.17, 15) is 20.4 Å². The molecule has 8 heterocycles. The topological polar surface area (TPSA) is 274 Å². The van der Waals surface area contributed by atoms with Crippen molar-refractivity contribution < 1.29 is 105 Å². The molecule has 0 saturated carbocycles. The van der Waals surface area contributed by atoms with Crippen molar-refractivity contribution in [1.82, 2.24) is 75.2 Å². The molecule has 19 nitrogen and oxygen atoms in total. The Morgan fingerprint density at radius 2 is 0.703 bits per heavy atom. The quantitative estimate of drug-likeness (QED) is 0.0548. The summed E-state index contributed by atoms with van der Waals surface area (Å²) >= 11 is 6.14. The average Bonchev–Trinajstić information content (AvgIpc) is 0.760. The minimum atomic E-state index is -0.259. The monoisotopic (exact) mass is 2620 g/mol. The summed E-state index contributed by atoms with van der Waals surface area (Å²) in [6.07, 6.45) is 10.3. The van der Waals surface area contributed by atoms with Crippen molar-refractivity contribution in [3.63, 3.8) is 0 Å². The maximum Gasteiger partial charge on any atom is 0.180 e. The van der Waals surface area contributed by atoms with Gasteiger partial charge in [0.05, 0.1) is 59.8 Å². The molecule has 0 radical (unpaired) electrons. The van der Waals surface area contributed by atoms with E-state index >= 15 is 0 Å². The van der Waals surface area contributed by atoms with Gasteiger partial charge in [0.25, 0.3) is 0 Å². The molecule has 0 spiro atoms. The fourth-order valence-corrected chi connectivity index (χ4v) is 17.4. The van der Waals surface area contributed by atoms with Gasteiger partial charge in [0.15, 0.2) is 17.5 Å². The van der Waals surface area contributed by atoms with E-state index in [-0.39, 0.29) is 135 Å². The van der Waals surface area contributed by atoms with E-state index in [1.807, 2.05) is 232 Å². The maximum atomic E-state index is 11.6. The first-order valence-electron chi connectivity index (χ1n) is 44.0. The number of phenolic OH excluding ortho intramolecular Hbond substituents is 4. The fraction of sp³-hybridized carbons (Fsp3) is 0.216. The van der Waals surface area contributed by atoms with Crippen LogP contribution in [0.4, 0.5) is 0 Å². The molecular weight excluding hydrogens is 2520 g/mol. The first-order chi connectivity index (χ1) is 64.0. The number of aromatic nitrogens is 15. The second kappa shape index (κ2) is 48.8. The summed E-state index contributed by atoms with van der Waals surface area (Å²) in [7, 11) is 0. The molecule has 17 rings (SSSR count). The molecule has 8 aromatic heterocycles. The Morgan fingerprint density at radius 3 is 1.15 bits per heavy atom. The fourth-order valence-electron chi connectivity index (χ4n) is 14.2. The molecule has 0 aliphatic heterocycles. The number of pyridine rings is 4. The van der Waals surface area contributed by atoms with Crippen LogP contribution in [0.3, 0.4) is 0 Å². The van der Waals surface area contributed by atoms with E-state index in [0.717, 1.165) is 118 Å². The third kappa shape index (κ3) is 28.7. The van der Waals surface area contributed by atoms with Crippen LogP contribution in [0.2, 0.25) is 0 Å². The van der Waals surface area contributed by atoms with E-state index in [0.29, 0.717) is 68.8 Å². The molecule has 27 heteroatoms. The van der Waals surface area contributed by atoms with Crippen LogP contribution in [-0.2, 0) is 106 Å². The Bertz CT molecular complexity index is 6980. The number of aryl methyl sites for hydroxylation is 2. The number of phenols is 4. The van der Waals surface area contributed by atoms with Gasteiger partial charge in [-0.2, -0.15) is 5.10 Å². The zero-order valence-corrected chi connectivity index (χ0v) is 91.9. The van der Waals surface area contributed by atoms with Gasteiger partial charge >= 0.3 is 0 Å². The Morgan fingerprint density at radius 1 is 0.297 bits per heavy atom. The zero-order chi connectivity index (χ0) is 95.2. The number of hydrogen-bond acceptors (Lipinski definition) is 23. The predicted octanol–water partition coefficient (Wildman–Crippen LogP) is 27.3. The second-order valence-electron chi connectivity index (χ2n) is 36.7. The maximum absolute atomic E-state index is 11.6. The van der Waals surface area contributed by atoms with Crippen molar-refractivity contribution in [3.8, 4) is 125 Å². The standard InChI is InChI=1S/C35H34N3OS.C28H29N4OS.C27H26N3OS.C21H16N5OS.4Pt/c1-34(2,3)25-20-27(32(39)28(21-25)35(4,5)6)33-37-29(23-13-8-7-9-14-23)22-30(38-33)24-15-12-16-26(19-24)40-31-17-10-11-18-36-31;1-27(2,3)19-15-21(24(33)22(16-19)28(4,5)6)26-31-17-30-25(32-26)18-10-9-11-20(14-18)34-23-12-7-8-13-29-23;1-17(2)20-15-22(18(3)4)26(31)23(16-20)24-11-13-29-27(30-24)19-8-7-9-21(14-19)32-25-10-5-6-12-28-25;1-13-10-14(2)19(27)17(11-13)21-23-20(24-26-25-21)15-6-5-7-16(12-15)28-18-8-3-4-9-22-18;;;;/h7-18,20-22,39H,1-6H3;7-13,15-17,33H,1-6H3;5-13,15-18,31H,1-4H3;3-11,27H,1-2H3;;;;/q4*-1;;;;. The van der Waals surface area contributed by atoms with Crippen molar-refractivity contribution in [2.45, 2.75) is 198 Å². The largest absolute Gasteiger partial charge is 0.507 e. The van der Waals surface area contributed by atoms with E-state index in [1.165, 1.54) is 35.4 Å². The molecule has 4 N–H and O–H groups in total. The molecule has 716 valence electrons. The molecule has 138 heavy (non-hydrogen) atoms. The molecule has 9 aromatic carbocycles. The Labute approximate surface area is 884 Å². The molecule has 0 unspecified atom stereocenters. The number of rotatable bonds is 19. The van der Waals surface area contributed by atoms with Crippen LogP contribution in [0.5, 0.6) is 23.0 Å². The summed E-state index contributed by atoms with van der Waals surface area (Å²) in [6, 6.07) is 90.5. The third-order valence-electron chi connectivity index (χ3n) is 21.5. The normalized spacial score (nSPS) is 11.2. The Kier molecular flexibility index (Phi) is 38.5. The molecule has 0 atom stereocenters. The van der Waals surface area contributed by atoms with Crippen LogP contribution in [0.15, 0.2) is 314 Å². The first-order valence-corrected chi connectivity index (χ1v) is 47.2. The van der Waals surface area contributed by atoms with Crippen molar-refractivity contribution in [2.24, 2.45) is 0 Å². The summed E-state index contributed by atoms with van der Waals surface area (Å²) in [4.78, 5) is 58.6. The van der Waals surface area contributed by atoms with Gasteiger partial charge in [-0.1, -0.05) is 268 Å². The average molecular weight is 2620 g/mol. The van der Waals surface area contributed by atoms with Gasteiger partial charge in [-0.3, -0.25) is 29.9 Å². The summed E-state index contributed by atoms with van der Waals surface area (Å²) in [6.45, 7) is 38.0. The molecule has 0 bridgehead atoms. The molecule has 0 fully saturated rings. The molecule has 17 aromatic rings. The van der Waals surface area contributed by atoms with Crippen LogP contribution in [0, 0.1) is 38.1 Å². The van der Waals surface area contributed by atoms with E-state index in [1.54, 1.807) is 54.5 Å². The third-order valence-corrected chi connectivity index (χ3v) is 25.1. The van der Waals surface area contributed by atoms with Crippen molar-refractivity contribution in [2.75, 3.05) is 0 Å². The van der Waals surface area contributed by atoms with Crippen molar-refractivity contribution in [1.29, 1.82) is 0 Å². The van der Waals surface area contributed by atoms with Gasteiger partial charge in [0.2, 0.25) is 0 Å².